The first kappa shape index (κ1) is 21.2. The van der Waals surface area contributed by atoms with Crippen molar-refractivity contribution in [1.29, 1.82) is 0 Å². The molecule has 9 heteroatoms. The number of hydrogen-bond donors (Lipinski definition) is 0. The highest BCUT2D eigenvalue weighted by molar-refractivity contribution is 7.89. The summed E-state index contributed by atoms with van der Waals surface area (Å²) in [6.07, 6.45) is 1.77. The Morgan fingerprint density at radius 1 is 0.967 bits per heavy atom. The highest BCUT2D eigenvalue weighted by Gasteiger charge is 2.33. The summed E-state index contributed by atoms with van der Waals surface area (Å²) in [5, 5.41) is 0.700. The van der Waals surface area contributed by atoms with E-state index in [0.717, 1.165) is 31.6 Å². The average molecular weight is 451 g/mol. The summed E-state index contributed by atoms with van der Waals surface area (Å²) in [6.45, 7) is 5.46. The summed E-state index contributed by atoms with van der Waals surface area (Å²) >= 11 is 5.97. The van der Waals surface area contributed by atoms with Gasteiger partial charge in [-0.3, -0.25) is 4.79 Å². The van der Waals surface area contributed by atoms with Gasteiger partial charge in [-0.1, -0.05) is 11.6 Å². The fraction of sp³-hybridized carbons (Fsp3) is 0.476. The van der Waals surface area contributed by atoms with Crippen LogP contribution in [0.3, 0.4) is 0 Å². The van der Waals surface area contributed by atoms with Crippen LogP contribution in [-0.2, 0) is 17.1 Å². The quantitative estimate of drug-likeness (QED) is 0.718. The van der Waals surface area contributed by atoms with E-state index < -0.39 is 10.0 Å². The molecule has 2 fully saturated rings. The Bertz CT molecular complexity index is 1030. The Balaban J connectivity index is 1.50. The van der Waals surface area contributed by atoms with Gasteiger partial charge in [0.2, 0.25) is 10.0 Å². The number of rotatable bonds is 4. The molecule has 0 aliphatic carbocycles. The van der Waals surface area contributed by atoms with Crippen LogP contribution in [0.25, 0.3) is 0 Å². The number of halogens is 1. The molecule has 2 aliphatic heterocycles. The van der Waals surface area contributed by atoms with Gasteiger partial charge in [0, 0.05) is 62.7 Å². The Morgan fingerprint density at radius 3 is 2.17 bits per heavy atom. The average Bonchev–Trinajstić information content (AvgIpc) is 3.39. The predicted molar refractivity (Wildman–Crippen MR) is 118 cm³/mol. The number of carbonyl (C=O) groups excluding carboxylic acids is 1. The standard InChI is InChI=1S/C21H27ClN4O3S/c1-16-20(30(28,29)26-9-3-4-10-26)15-19(23(16)2)21(27)25-13-11-24(12-14-25)18-7-5-17(22)6-8-18/h5-8,15H,3-4,9-14H2,1-2H3. The van der Waals surface area contributed by atoms with Gasteiger partial charge in [0.05, 0.1) is 0 Å². The van der Waals surface area contributed by atoms with Gasteiger partial charge < -0.3 is 14.4 Å². The van der Waals surface area contributed by atoms with Crippen LogP contribution >= 0.6 is 11.6 Å². The van der Waals surface area contributed by atoms with E-state index in [4.69, 9.17) is 11.6 Å². The molecule has 0 bridgehead atoms. The van der Waals surface area contributed by atoms with Crippen LogP contribution < -0.4 is 4.90 Å². The maximum atomic E-state index is 13.2. The van der Waals surface area contributed by atoms with E-state index in [-0.39, 0.29) is 10.8 Å². The summed E-state index contributed by atoms with van der Waals surface area (Å²) in [5.74, 6) is -0.126. The molecule has 0 saturated carbocycles. The largest absolute Gasteiger partial charge is 0.368 e. The van der Waals surface area contributed by atoms with Crippen LogP contribution in [0, 0.1) is 6.92 Å². The molecule has 30 heavy (non-hydrogen) atoms. The minimum absolute atomic E-state index is 0.126. The lowest BCUT2D eigenvalue weighted by Crippen LogP contribution is -2.49. The van der Waals surface area contributed by atoms with Crippen molar-refractivity contribution in [2.24, 2.45) is 7.05 Å². The van der Waals surface area contributed by atoms with Crippen LogP contribution in [0.4, 0.5) is 5.69 Å². The molecule has 7 nitrogen and oxygen atoms in total. The molecule has 4 rings (SSSR count). The minimum Gasteiger partial charge on any atom is -0.368 e. The van der Waals surface area contributed by atoms with E-state index in [1.807, 2.05) is 24.3 Å². The Morgan fingerprint density at radius 2 is 1.57 bits per heavy atom. The van der Waals surface area contributed by atoms with Crippen LogP contribution in [-0.4, -0.2) is 67.4 Å². The number of sulfonamides is 1. The zero-order valence-corrected chi connectivity index (χ0v) is 18.9. The number of piperazine rings is 1. The van der Waals surface area contributed by atoms with E-state index in [0.29, 0.717) is 42.6 Å². The van der Waals surface area contributed by atoms with Crippen LogP contribution in [0.2, 0.25) is 5.02 Å². The normalized spacial score (nSPS) is 18.2. The summed E-state index contributed by atoms with van der Waals surface area (Å²) < 4.78 is 29.3. The summed E-state index contributed by atoms with van der Waals surface area (Å²) in [7, 11) is -1.80. The maximum Gasteiger partial charge on any atom is 0.270 e. The molecule has 1 amide bonds. The number of benzene rings is 1. The van der Waals surface area contributed by atoms with E-state index in [1.165, 1.54) is 4.31 Å². The Labute approximate surface area is 182 Å². The number of anilines is 1. The lowest BCUT2D eigenvalue weighted by Gasteiger charge is -2.36. The van der Waals surface area contributed by atoms with E-state index in [1.54, 1.807) is 29.5 Å². The first-order valence-corrected chi connectivity index (χ1v) is 12.1. The van der Waals surface area contributed by atoms with E-state index >= 15 is 0 Å². The molecular formula is C21H27ClN4O3S. The predicted octanol–water partition coefficient (Wildman–Crippen LogP) is 2.73. The number of hydrogen-bond acceptors (Lipinski definition) is 4. The molecule has 162 valence electrons. The third-order valence-electron chi connectivity index (χ3n) is 6.15. The lowest BCUT2D eigenvalue weighted by molar-refractivity contribution is 0.0737. The highest BCUT2D eigenvalue weighted by atomic mass is 35.5. The maximum absolute atomic E-state index is 13.2. The van der Waals surface area contributed by atoms with Gasteiger partial charge in [-0.05, 0) is 50.1 Å². The lowest BCUT2D eigenvalue weighted by atomic mass is 10.2. The number of nitrogens with zero attached hydrogens (tertiary/aromatic N) is 4. The van der Waals surface area contributed by atoms with Crippen molar-refractivity contribution in [2.75, 3.05) is 44.2 Å². The number of carbonyl (C=O) groups is 1. The fourth-order valence-electron chi connectivity index (χ4n) is 4.19. The van der Waals surface area contributed by atoms with Gasteiger partial charge in [0.25, 0.3) is 5.91 Å². The molecule has 0 radical (unpaired) electrons. The minimum atomic E-state index is -3.56. The molecule has 0 unspecified atom stereocenters. The fourth-order valence-corrected chi connectivity index (χ4v) is 6.10. The van der Waals surface area contributed by atoms with Crippen molar-refractivity contribution in [1.82, 2.24) is 13.8 Å². The van der Waals surface area contributed by atoms with Gasteiger partial charge >= 0.3 is 0 Å². The molecule has 1 aromatic heterocycles. The summed E-state index contributed by atoms with van der Waals surface area (Å²) in [4.78, 5) is 17.4. The Hall–Kier alpha value is -2.03. The van der Waals surface area contributed by atoms with Crippen LogP contribution in [0.1, 0.15) is 29.0 Å². The first-order valence-electron chi connectivity index (χ1n) is 10.3. The molecule has 2 aliphatic rings. The van der Waals surface area contributed by atoms with Crippen molar-refractivity contribution >= 4 is 33.2 Å². The molecule has 0 spiro atoms. The van der Waals surface area contributed by atoms with Gasteiger partial charge in [-0.2, -0.15) is 4.31 Å². The number of amides is 1. The molecule has 1 aromatic carbocycles. The molecule has 2 saturated heterocycles. The first-order chi connectivity index (χ1) is 14.3. The third kappa shape index (κ3) is 3.84. The van der Waals surface area contributed by atoms with Gasteiger partial charge in [-0.25, -0.2) is 8.42 Å². The molecule has 0 atom stereocenters. The van der Waals surface area contributed by atoms with Gasteiger partial charge in [0.15, 0.2) is 0 Å². The molecule has 0 N–H and O–H groups in total. The monoisotopic (exact) mass is 450 g/mol. The van der Waals surface area contributed by atoms with Crippen molar-refractivity contribution in [3.63, 3.8) is 0 Å². The van der Waals surface area contributed by atoms with Crippen molar-refractivity contribution in [3.8, 4) is 0 Å². The van der Waals surface area contributed by atoms with Crippen molar-refractivity contribution in [2.45, 2.75) is 24.7 Å². The van der Waals surface area contributed by atoms with Crippen molar-refractivity contribution in [3.05, 3.63) is 46.7 Å². The summed E-state index contributed by atoms with van der Waals surface area (Å²) in [5.41, 5.74) is 2.11. The molecule has 3 heterocycles. The zero-order chi connectivity index (χ0) is 21.5. The zero-order valence-electron chi connectivity index (χ0n) is 17.3. The van der Waals surface area contributed by atoms with Crippen LogP contribution in [0.5, 0.6) is 0 Å². The topological polar surface area (TPSA) is 65.9 Å². The van der Waals surface area contributed by atoms with Gasteiger partial charge in [0.1, 0.15) is 10.6 Å². The van der Waals surface area contributed by atoms with Crippen LogP contribution in [0.15, 0.2) is 35.2 Å². The second-order valence-electron chi connectivity index (χ2n) is 7.91. The van der Waals surface area contributed by atoms with E-state index in [2.05, 4.69) is 4.90 Å². The molecule has 2 aromatic rings. The van der Waals surface area contributed by atoms with E-state index in [9.17, 15) is 13.2 Å². The van der Waals surface area contributed by atoms with Crippen molar-refractivity contribution < 1.29 is 13.2 Å². The smallest absolute Gasteiger partial charge is 0.270 e. The Kier molecular flexibility index (Phi) is 5.83. The second-order valence-corrected chi connectivity index (χ2v) is 10.2. The second kappa shape index (κ2) is 8.24. The van der Waals surface area contributed by atoms with Gasteiger partial charge in [-0.15, -0.1) is 0 Å². The summed E-state index contributed by atoms with van der Waals surface area (Å²) in [6, 6.07) is 9.25. The number of aromatic nitrogens is 1. The third-order valence-corrected chi connectivity index (χ3v) is 8.42. The SMILES string of the molecule is Cc1c(S(=O)(=O)N2CCCC2)cc(C(=O)N2CCN(c3ccc(Cl)cc3)CC2)n1C. The highest BCUT2D eigenvalue weighted by Crippen LogP contribution is 2.27. The molecular weight excluding hydrogens is 424 g/mol.